The van der Waals surface area contributed by atoms with Gasteiger partial charge in [0, 0.05) is 5.92 Å². The van der Waals surface area contributed by atoms with Crippen LogP contribution in [-0.2, 0) is 11.2 Å². The van der Waals surface area contributed by atoms with E-state index in [2.05, 4.69) is 11.9 Å². The molecule has 0 amide bonds. The molecule has 4 nitrogen and oxygen atoms in total. The number of hydrogen-bond acceptors (Lipinski definition) is 4. The van der Waals surface area contributed by atoms with Gasteiger partial charge in [0.2, 0.25) is 5.76 Å². The van der Waals surface area contributed by atoms with E-state index < -0.39 is 5.97 Å². The maximum atomic E-state index is 11.8. The van der Waals surface area contributed by atoms with Gasteiger partial charge in [-0.15, -0.1) is 0 Å². The fourth-order valence-electron chi connectivity index (χ4n) is 2.64. The maximum absolute atomic E-state index is 11.8. The normalized spacial score (nSPS) is 23.3. The van der Waals surface area contributed by atoms with E-state index in [9.17, 15) is 4.79 Å². The molecule has 2 rings (SSSR count). The molecule has 0 N–H and O–H groups in total. The average Bonchev–Trinajstić information content (AvgIpc) is 2.94. The molecule has 2 atom stereocenters. The first-order valence-electron chi connectivity index (χ1n) is 6.84. The lowest BCUT2D eigenvalue weighted by Gasteiger charge is -2.09. The lowest BCUT2D eigenvalue weighted by molar-refractivity contribution is 0.0485. The lowest BCUT2D eigenvalue weighted by Crippen LogP contribution is -2.06. The Balaban J connectivity index is 2.25. The van der Waals surface area contributed by atoms with E-state index in [1.807, 2.05) is 6.92 Å². The summed E-state index contributed by atoms with van der Waals surface area (Å²) in [6.07, 6.45) is 4.22. The second-order valence-corrected chi connectivity index (χ2v) is 4.92. The number of hydrogen-bond donors (Lipinski definition) is 0. The Hall–Kier alpha value is -1.32. The first kappa shape index (κ1) is 13.1. The molecule has 2 unspecified atom stereocenters. The number of carbonyl (C=O) groups excluding carboxylic acids is 1. The summed E-state index contributed by atoms with van der Waals surface area (Å²) in [6.45, 7) is 6.34. The molecule has 18 heavy (non-hydrogen) atoms. The van der Waals surface area contributed by atoms with Crippen LogP contribution in [0, 0.1) is 5.92 Å². The van der Waals surface area contributed by atoms with Crippen molar-refractivity contribution in [3.63, 3.8) is 0 Å². The van der Waals surface area contributed by atoms with Crippen LogP contribution in [0.4, 0.5) is 0 Å². The van der Waals surface area contributed by atoms with Crippen LogP contribution in [0.15, 0.2) is 4.42 Å². The quantitative estimate of drug-likeness (QED) is 0.770. The molecule has 1 heterocycles. The molecule has 0 bridgehead atoms. The summed E-state index contributed by atoms with van der Waals surface area (Å²) < 4.78 is 10.7. The number of oxazole rings is 1. The third-order valence-corrected chi connectivity index (χ3v) is 3.69. The summed E-state index contributed by atoms with van der Waals surface area (Å²) in [5.74, 6) is 1.58. The fraction of sp³-hybridized carbons (Fsp3) is 0.714. The zero-order chi connectivity index (χ0) is 13.1. The first-order valence-corrected chi connectivity index (χ1v) is 6.84. The second-order valence-electron chi connectivity index (χ2n) is 4.92. The van der Waals surface area contributed by atoms with Gasteiger partial charge in [0.15, 0.2) is 5.89 Å². The molecular formula is C14H21NO3. The van der Waals surface area contributed by atoms with Crippen LogP contribution in [0.25, 0.3) is 0 Å². The Labute approximate surface area is 108 Å². The zero-order valence-corrected chi connectivity index (χ0v) is 11.4. The molecule has 1 aromatic rings. The minimum atomic E-state index is -0.390. The van der Waals surface area contributed by atoms with Crippen molar-refractivity contribution in [2.45, 2.75) is 52.4 Å². The summed E-state index contributed by atoms with van der Waals surface area (Å²) in [7, 11) is 0. The summed E-state index contributed by atoms with van der Waals surface area (Å²) in [5, 5.41) is 0. The Morgan fingerprint density at radius 3 is 2.78 bits per heavy atom. The third kappa shape index (κ3) is 2.42. The first-order chi connectivity index (χ1) is 8.67. The van der Waals surface area contributed by atoms with Crippen LogP contribution >= 0.6 is 0 Å². The van der Waals surface area contributed by atoms with E-state index >= 15 is 0 Å². The van der Waals surface area contributed by atoms with Crippen LogP contribution < -0.4 is 0 Å². The highest BCUT2D eigenvalue weighted by atomic mass is 16.5. The highest BCUT2D eigenvalue weighted by Gasteiger charge is 2.31. The topological polar surface area (TPSA) is 52.3 Å². The molecule has 1 aromatic heterocycles. The van der Waals surface area contributed by atoms with E-state index in [0.717, 1.165) is 18.0 Å². The monoisotopic (exact) mass is 251 g/mol. The van der Waals surface area contributed by atoms with Crippen LogP contribution in [0.2, 0.25) is 0 Å². The van der Waals surface area contributed by atoms with Crippen LogP contribution in [0.5, 0.6) is 0 Å². The molecule has 0 saturated heterocycles. The fourth-order valence-corrected chi connectivity index (χ4v) is 2.64. The smallest absolute Gasteiger partial charge is 0.376 e. The van der Waals surface area contributed by atoms with Gasteiger partial charge < -0.3 is 9.15 Å². The van der Waals surface area contributed by atoms with Crippen molar-refractivity contribution in [2.24, 2.45) is 5.92 Å². The number of rotatable bonds is 4. The van der Waals surface area contributed by atoms with E-state index in [-0.39, 0.29) is 0 Å². The molecule has 1 aliphatic carbocycles. The van der Waals surface area contributed by atoms with Gasteiger partial charge in [0.1, 0.15) is 0 Å². The van der Waals surface area contributed by atoms with Gasteiger partial charge in [-0.2, -0.15) is 0 Å². The zero-order valence-electron chi connectivity index (χ0n) is 11.4. The van der Waals surface area contributed by atoms with Gasteiger partial charge in [-0.1, -0.05) is 20.3 Å². The standard InChI is InChI=1S/C14H21NO3/c1-4-11-12(14(16)17-5-2)18-13(15-11)10-8-6-7-9(10)3/h9-10H,4-8H2,1-3H3. The molecule has 1 saturated carbocycles. The highest BCUT2D eigenvalue weighted by Crippen LogP contribution is 2.39. The van der Waals surface area contributed by atoms with Crippen LogP contribution in [0.3, 0.4) is 0 Å². The van der Waals surface area contributed by atoms with Crippen molar-refractivity contribution in [3.05, 3.63) is 17.3 Å². The van der Waals surface area contributed by atoms with Crippen molar-refractivity contribution in [2.75, 3.05) is 6.61 Å². The number of nitrogens with zero attached hydrogens (tertiary/aromatic N) is 1. The van der Waals surface area contributed by atoms with Crippen molar-refractivity contribution >= 4 is 5.97 Å². The van der Waals surface area contributed by atoms with Gasteiger partial charge in [-0.3, -0.25) is 0 Å². The second kappa shape index (κ2) is 5.55. The lowest BCUT2D eigenvalue weighted by atomic mass is 9.98. The predicted molar refractivity (Wildman–Crippen MR) is 67.6 cm³/mol. The summed E-state index contributed by atoms with van der Waals surface area (Å²) in [6, 6.07) is 0. The Morgan fingerprint density at radius 1 is 1.44 bits per heavy atom. The number of carbonyl (C=O) groups is 1. The number of esters is 1. The van der Waals surface area contributed by atoms with Gasteiger partial charge >= 0.3 is 5.97 Å². The maximum Gasteiger partial charge on any atom is 0.376 e. The summed E-state index contributed by atoms with van der Waals surface area (Å²) >= 11 is 0. The SMILES string of the molecule is CCOC(=O)c1oc(C2CCCC2C)nc1CC. The molecule has 0 spiro atoms. The van der Waals surface area contributed by atoms with E-state index in [0.29, 0.717) is 30.6 Å². The van der Waals surface area contributed by atoms with Crippen molar-refractivity contribution in [1.82, 2.24) is 4.98 Å². The molecule has 1 fully saturated rings. The third-order valence-electron chi connectivity index (χ3n) is 3.69. The Morgan fingerprint density at radius 2 is 2.22 bits per heavy atom. The largest absolute Gasteiger partial charge is 0.460 e. The van der Waals surface area contributed by atoms with Gasteiger partial charge in [0.25, 0.3) is 0 Å². The molecule has 100 valence electrons. The molecule has 0 aliphatic heterocycles. The predicted octanol–water partition coefficient (Wildman–Crippen LogP) is 3.32. The van der Waals surface area contributed by atoms with Crippen molar-refractivity contribution < 1.29 is 13.9 Å². The number of aryl methyl sites for hydroxylation is 1. The summed E-state index contributed by atoms with van der Waals surface area (Å²) in [5.41, 5.74) is 0.725. The average molecular weight is 251 g/mol. The van der Waals surface area contributed by atoms with E-state index in [1.54, 1.807) is 6.92 Å². The van der Waals surface area contributed by atoms with Gasteiger partial charge in [-0.25, -0.2) is 9.78 Å². The Kier molecular flexibility index (Phi) is 4.04. The minimum absolute atomic E-state index is 0.299. The van der Waals surface area contributed by atoms with Crippen molar-refractivity contribution in [1.29, 1.82) is 0 Å². The van der Waals surface area contributed by atoms with Crippen molar-refractivity contribution in [3.8, 4) is 0 Å². The Bertz CT molecular complexity index is 425. The van der Waals surface area contributed by atoms with Gasteiger partial charge in [-0.05, 0) is 32.1 Å². The molecule has 1 aliphatic rings. The van der Waals surface area contributed by atoms with E-state index in [1.165, 1.54) is 12.8 Å². The number of aromatic nitrogens is 1. The van der Waals surface area contributed by atoms with E-state index in [4.69, 9.17) is 9.15 Å². The molecule has 0 radical (unpaired) electrons. The highest BCUT2D eigenvalue weighted by molar-refractivity contribution is 5.87. The molecule has 0 aromatic carbocycles. The summed E-state index contributed by atoms with van der Waals surface area (Å²) in [4.78, 5) is 16.3. The molecule has 4 heteroatoms. The van der Waals surface area contributed by atoms with Gasteiger partial charge in [0.05, 0.1) is 12.3 Å². The number of ether oxygens (including phenoxy) is 1. The van der Waals surface area contributed by atoms with Crippen LogP contribution in [0.1, 0.15) is 68.1 Å². The minimum Gasteiger partial charge on any atom is -0.460 e. The van der Waals surface area contributed by atoms with Crippen LogP contribution in [-0.4, -0.2) is 17.6 Å². The molecular weight excluding hydrogens is 230 g/mol.